The van der Waals surface area contributed by atoms with Crippen molar-refractivity contribution < 1.29 is 9.53 Å². The number of ether oxygens (including phenoxy) is 1. The molecule has 4 nitrogen and oxygen atoms in total. The van der Waals surface area contributed by atoms with Gasteiger partial charge in [0.25, 0.3) is 0 Å². The molecule has 0 bridgehead atoms. The fourth-order valence-corrected chi connectivity index (χ4v) is 3.11. The Bertz CT molecular complexity index is 686. The van der Waals surface area contributed by atoms with Gasteiger partial charge in [-0.05, 0) is 31.4 Å². The molecule has 1 aliphatic rings. The smallest absolute Gasteiger partial charge is 0.339 e. The molecular weight excluding hydrogens is 264 g/mol. The van der Waals surface area contributed by atoms with E-state index in [1.54, 1.807) is 0 Å². The normalized spacial score (nSPS) is 20.2. The Kier molecular flexibility index (Phi) is 3.12. The standard InChI is InChI=1S/C17H20N2O2/c1-11(2)14-9-18-10-19(14)15-12-7-5-6-8-13(12)16(20)21-17(15,3)4/h5-11,15H,1-4H3. The van der Waals surface area contributed by atoms with E-state index in [4.69, 9.17) is 4.74 Å². The number of aromatic nitrogens is 2. The van der Waals surface area contributed by atoms with Crippen molar-refractivity contribution in [1.29, 1.82) is 0 Å². The predicted molar refractivity (Wildman–Crippen MR) is 80.4 cm³/mol. The summed E-state index contributed by atoms with van der Waals surface area (Å²) in [7, 11) is 0. The van der Waals surface area contributed by atoms with E-state index in [0.717, 1.165) is 11.3 Å². The van der Waals surface area contributed by atoms with Gasteiger partial charge in [-0.25, -0.2) is 9.78 Å². The van der Waals surface area contributed by atoms with Crippen LogP contribution in [-0.4, -0.2) is 21.1 Å². The van der Waals surface area contributed by atoms with Crippen LogP contribution in [0.1, 0.15) is 61.3 Å². The van der Waals surface area contributed by atoms with E-state index in [1.165, 1.54) is 0 Å². The summed E-state index contributed by atoms with van der Waals surface area (Å²) >= 11 is 0. The summed E-state index contributed by atoms with van der Waals surface area (Å²) in [6.45, 7) is 8.19. The third kappa shape index (κ3) is 2.15. The van der Waals surface area contributed by atoms with Crippen LogP contribution in [0.4, 0.5) is 0 Å². The largest absolute Gasteiger partial charge is 0.453 e. The summed E-state index contributed by atoms with van der Waals surface area (Å²) in [5, 5.41) is 0. The molecule has 1 aromatic heterocycles. The van der Waals surface area contributed by atoms with E-state index in [0.29, 0.717) is 11.5 Å². The zero-order chi connectivity index (χ0) is 15.2. The molecule has 0 aliphatic carbocycles. The van der Waals surface area contributed by atoms with Gasteiger partial charge in [0.1, 0.15) is 5.60 Å². The number of imidazole rings is 1. The number of carbonyl (C=O) groups is 1. The first-order chi connectivity index (χ1) is 9.92. The summed E-state index contributed by atoms with van der Waals surface area (Å²) in [5.74, 6) is 0.103. The summed E-state index contributed by atoms with van der Waals surface area (Å²) in [6.07, 6.45) is 3.72. The van der Waals surface area contributed by atoms with Crippen LogP contribution in [0.3, 0.4) is 0 Å². The van der Waals surface area contributed by atoms with Gasteiger partial charge in [0.2, 0.25) is 0 Å². The highest BCUT2D eigenvalue weighted by atomic mass is 16.6. The van der Waals surface area contributed by atoms with Crippen molar-refractivity contribution in [2.75, 3.05) is 0 Å². The van der Waals surface area contributed by atoms with E-state index in [9.17, 15) is 4.79 Å². The van der Waals surface area contributed by atoms with Gasteiger partial charge in [0.15, 0.2) is 0 Å². The molecule has 0 spiro atoms. The molecule has 2 aromatic rings. The number of cyclic esters (lactones) is 1. The van der Waals surface area contributed by atoms with Gasteiger partial charge in [0.05, 0.1) is 17.9 Å². The number of rotatable bonds is 2. The van der Waals surface area contributed by atoms with Gasteiger partial charge in [-0.2, -0.15) is 0 Å². The summed E-state index contributed by atoms with van der Waals surface area (Å²) in [6, 6.07) is 7.60. The first-order valence-electron chi connectivity index (χ1n) is 7.26. The van der Waals surface area contributed by atoms with Crippen molar-refractivity contribution in [3.05, 3.63) is 53.6 Å². The molecule has 110 valence electrons. The molecule has 0 saturated heterocycles. The zero-order valence-electron chi connectivity index (χ0n) is 12.8. The van der Waals surface area contributed by atoms with Crippen molar-refractivity contribution in [3.63, 3.8) is 0 Å². The molecule has 0 radical (unpaired) electrons. The molecule has 0 N–H and O–H groups in total. The van der Waals surface area contributed by atoms with Gasteiger partial charge in [-0.3, -0.25) is 0 Å². The minimum atomic E-state index is -0.615. The second-order valence-corrected chi connectivity index (χ2v) is 6.36. The Morgan fingerprint density at radius 2 is 2.00 bits per heavy atom. The average Bonchev–Trinajstić information content (AvgIpc) is 2.87. The third-order valence-corrected chi connectivity index (χ3v) is 4.06. The molecule has 0 fully saturated rings. The molecule has 3 rings (SSSR count). The number of fused-ring (bicyclic) bond motifs is 1. The average molecular weight is 284 g/mol. The van der Waals surface area contributed by atoms with Gasteiger partial charge >= 0.3 is 5.97 Å². The Hall–Kier alpha value is -2.10. The quantitative estimate of drug-likeness (QED) is 0.792. The Morgan fingerprint density at radius 1 is 1.29 bits per heavy atom. The topological polar surface area (TPSA) is 44.1 Å². The molecule has 0 saturated carbocycles. The molecule has 4 heteroatoms. The maximum Gasteiger partial charge on any atom is 0.339 e. The van der Waals surface area contributed by atoms with Gasteiger partial charge in [-0.1, -0.05) is 32.0 Å². The van der Waals surface area contributed by atoms with Crippen LogP contribution >= 0.6 is 0 Å². The fourth-order valence-electron chi connectivity index (χ4n) is 3.11. The third-order valence-electron chi connectivity index (χ3n) is 4.06. The van der Waals surface area contributed by atoms with Crippen LogP contribution in [0.15, 0.2) is 36.8 Å². The van der Waals surface area contributed by atoms with Crippen molar-refractivity contribution in [1.82, 2.24) is 9.55 Å². The molecule has 1 unspecified atom stereocenters. The molecule has 2 heterocycles. The summed E-state index contributed by atoms with van der Waals surface area (Å²) in [5.41, 5.74) is 2.17. The fraction of sp³-hybridized carbons (Fsp3) is 0.412. The van der Waals surface area contributed by atoms with Crippen LogP contribution in [0.5, 0.6) is 0 Å². The maximum absolute atomic E-state index is 12.2. The molecule has 0 amide bonds. The van der Waals surface area contributed by atoms with E-state index in [1.807, 2.05) is 50.6 Å². The van der Waals surface area contributed by atoms with E-state index in [2.05, 4.69) is 23.4 Å². The van der Waals surface area contributed by atoms with Crippen molar-refractivity contribution >= 4 is 5.97 Å². The predicted octanol–water partition coefficient (Wildman–Crippen LogP) is 3.54. The summed E-state index contributed by atoms with van der Waals surface area (Å²) in [4.78, 5) is 16.5. The Morgan fingerprint density at radius 3 is 2.71 bits per heavy atom. The molecule has 1 atom stereocenters. The Labute approximate surface area is 124 Å². The van der Waals surface area contributed by atoms with Crippen LogP contribution in [-0.2, 0) is 4.74 Å². The number of nitrogens with zero attached hydrogens (tertiary/aromatic N) is 2. The molecule has 21 heavy (non-hydrogen) atoms. The molecule has 1 aliphatic heterocycles. The summed E-state index contributed by atoms with van der Waals surface area (Å²) < 4.78 is 7.82. The van der Waals surface area contributed by atoms with Crippen molar-refractivity contribution in [2.45, 2.75) is 45.3 Å². The van der Waals surface area contributed by atoms with E-state index in [-0.39, 0.29) is 12.0 Å². The van der Waals surface area contributed by atoms with Gasteiger partial charge in [-0.15, -0.1) is 0 Å². The number of carbonyl (C=O) groups excluding carboxylic acids is 1. The number of esters is 1. The second kappa shape index (κ2) is 4.72. The van der Waals surface area contributed by atoms with E-state index < -0.39 is 5.60 Å². The van der Waals surface area contributed by atoms with Crippen LogP contribution < -0.4 is 0 Å². The van der Waals surface area contributed by atoms with Crippen LogP contribution in [0, 0.1) is 0 Å². The van der Waals surface area contributed by atoms with Gasteiger partial charge in [0, 0.05) is 11.9 Å². The Balaban J connectivity index is 2.22. The van der Waals surface area contributed by atoms with Crippen LogP contribution in [0.2, 0.25) is 0 Å². The monoisotopic (exact) mass is 284 g/mol. The second-order valence-electron chi connectivity index (χ2n) is 6.36. The minimum absolute atomic E-state index is 0.0636. The highest BCUT2D eigenvalue weighted by Gasteiger charge is 2.43. The highest BCUT2D eigenvalue weighted by Crippen LogP contribution is 2.40. The zero-order valence-corrected chi connectivity index (χ0v) is 12.8. The lowest BCUT2D eigenvalue weighted by Gasteiger charge is -2.40. The van der Waals surface area contributed by atoms with Crippen LogP contribution in [0.25, 0.3) is 0 Å². The lowest BCUT2D eigenvalue weighted by molar-refractivity contribution is -0.0266. The number of benzene rings is 1. The SMILES string of the molecule is CC(C)c1cncn1C1c2ccccc2C(=O)OC1(C)C. The first-order valence-corrected chi connectivity index (χ1v) is 7.26. The lowest BCUT2D eigenvalue weighted by atomic mass is 9.85. The molecule has 1 aromatic carbocycles. The van der Waals surface area contributed by atoms with Gasteiger partial charge < -0.3 is 9.30 Å². The lowest BCUT2D eigenvalue weighted by Crippen LogP contribution is -2.44. The maximum atomic E-state index is 12.2. The highest BCUT2D eigenvalue weighted by molar-refractivity contribution is 5.93. The first kappa shape index (κ1) is 13.9. The minimum Gasteiger partial charge on any atom is -0.453 e. The number of hydrogen-bond acceptors (Lipinski definition) is 3. The van der Waals surface area contributed by atoms with Crippen molar-refractivity contribution in [3.8, 4) is 0 Å². The van der Waals surface area contributed by atoms with E-state index >= 15 is 0 Å². The van der Waals surface area contributed by atoms with Crippen molar-refractivity contribution in [2.24, 2.45) is 0 Å². The molecular formula is C17H20N2O2. The number of hydrogen-bond donors (Lipinski definition) is 0.